The number of phenols is 1. The summed E-state index contributed by atoms with van der Waals surface area (Å²) in [6, 6.07) is 20.4. The van der Waals surface area contributed by atoms with Crippen LogP contribution in [0.3, 0.4) is 0 Å². The average Bonchev–Trinajstić information content (AvgIpc) is 2.64. The molecule has 0 atom stereocenters. The number of fused-ring (bicyclic) bond motifs is 1. The molecule has 0 heterocycles. The first kappa shape index (κ1) is 21.7. The molecule has 0 aromatic heterocycles. The van der Waals surface area contributed by atoms with Crippen LogP contribution >= 0.6 is 0 Å². The van der Waals surface area contributed by atoms with Gasteiger partial charge in [-0.3, -0.25) is 4.79 Å². The van der Waals surface area contributed by atoms with Gasteiger partial charge in [-0.2, -0.15) is 35.9 Å². The summed E-state index contributed by atoms with van der Waals surface area (Å²) in [6.07, 6.45) is 1.58. The zero-order valence-corrected chi connectivity index (χ0v) is 18.4. The Morgan fingerprint density at radius 3 is 2.27 bits per heavy atom. The topological polar surface area (TPSA) is 66.4 Å². The molecule has 0 unspecified atom stereocenters. The maximum absolute atomic E-state index is 12.2. The molecule has 26 heavy (non-hydrogen) atoms. The van der Waals surface area contributed by atoms with E-state index in [2.05, 4.69) is 18.0 Å². The van der Waals surface area contributed by atoms with Crippen molar-refractivity contribution in [3.63, 3.8) is 0 Å². The van der Waals surface area contributed by atoms with Crippen LogP contribution < -0.4 is 5.32 Å². The molecular formula is C21H17NO3U. The zero-order chi connectivity index (χ0) is 18.2. The molecule has 0 spiro atoms. The number of amides is 1. The largest absolute Gasteiger partial charge is 2.00 e. The summed E-state index contributed by atoms with van der Waals surface area (Å²) in [7, 11) is 0. The SMILES string of the molecule is C=C(C)[C-]=O.O=C(Nc1cccc2c(O)cccc12)c1cc[c-]cc1.[U+2]. The van der Waals surface area contributed by atoms with Crippen LogP contribution in [0.4, 0.5) is 5.69 Å². The normalized spacial score (nSPS) is 9.27. The van der Waals surface area contributed by atoms with Crippen LogP contribution in [-0.4, -0.2) is 17.3 Å². The Hall–Kier alpha value is -2.35. The maximum Gasteiger partial charge on any atom is 2.00 e. The van der Waals surface area contributed by atoms with Gasteiger partial charge in [0.1, 0.15) is 5.75 Å². The third-order valence-electron chi connectivity index (χ3n) is 3.30. The van der Waals surface area contributed by atoms with Crippen molar-refractivity contribution in [2.75, 3.05) is 5.32 Å². The fourth-order valence-corrected chi connectivity index (χ4v) is 2.14. The summed E-state index contributed by atoms with van der Waals surface area (Å²) in [6.45, 7) is 4.85. The summed E-state index contributed by atoms with van der Waals surface area (Å²) in [4.78, 5) is 21.4. The molecule has 0 saturated heterocycles. The van der Waals surface area contributed by atoms with Gasteiger partial charge in [-0.05, 0) is 18.4 Å². The number of aromatic hydroxyl groups is 1. The number of carbonyl (C=O) groups is 1. The van der Waals surface area contributed by atoms with Gasteiger partial charge in [-0.25, -0.2) is 6.58 Å². The van der Waals surface area contributed by atoms with E-state index in [9.17, 15) is 14.7 Å². The molecule has 128 valence electrons. The van der Waals surface area contributed by atoms with Gasteiger partial charge in [-0.15, -0.1) is 0 Å². The van der Waals surface area contributed by atoms with Crippen molar-refractivity contribution in [1.29, 1.82) is 0 Å². The average molecular weight is 569 g/mol. The van der Waals surface area contributed by atoms with Crippen molar-refractivity contribution >= 4 is 28.7 Å². The van der Waals surface area contributed by atoms with Gasteiger partial charge in [0.25, 0.3) is 0 Å². The molecule has 0 fully saturated rings. The summed E-state index contributed by atoms with van der Waals surface area (Å²) in [5.41, 5.74) is 1.70. The number of benzene rings is 3. The second-order valence-electron chi connectivity index (χ2n) is 5.30. The van der Waals surface area contributed by atoms with Gasteiger partial charge in [-0.1, -0.05) is 36.8 Å². The minimum absolute atomic E-state index is 0. The third-order valence-corrected chi connectivity index (χ3v) is 3.30. The van der Waals surface area contributed by atoms with E-state index in [1.807, 2.05) is 18.2 Å². The summed E-state index contributed by atoms with van der Waals surface area (Å²) in [5.74, 6) is 0.0164. The predicted molar refractivity (Wildman–Crippen MR) is 99.4 cm³/mol. The van der Waals surface area contributed by atoms with Crippen LogP contribution in [0.25, 0.3) is 10.8 Å². The van der Waals surface area contributed by atoms with Gasteiger partial charge >= 0.3 is 31.1 Å². The monoisotopic (exact) mass is 569 g/mol. The number of rotatable bonds is 3. The number of phenolic OH excluding ortho intramolecular Hbond substituents is 1. The summed E-state index contributed by atoms with van der Waals surface area (Å²) >= 11 is 0. The molecule has 0 saturated carbocycles. The van der Waals surface area contributed by atoms with E-state index in [1.54, 1.807) is 55.7 Å². The minimum Gasteiger partial charge on any atom is -0.507 e. The van der Waals surface area contributed by atoms with Gasteiger partial charge in [0.2, 0.25) is 5.91 Å². The van der Waals surface area contributed by atoms with Crippen LogP contribution in [0.5, 0.6) is 5.75 Å². The van der Waals surface area contributed by atoms with E-state index < -0.39 is 0 Å². The Labute approximate surface area is 176 Å². The molecule has 0 aliphatic rings. The zero-order valence-electron chi connectivity index (χ0n) is 14.2. The number of carbonyl (C=O) groups excluding carboxylic acids is 2. The van der Waals surface area contributed by atoms with Gasteiger partial charge in [0.05, 0.1) is 0 Å². The molecule has 3 aromatic carbocycles. The number of allylic oxidation sites excluding steroid dienone is 1. The fourth-order valence-electron chi connectivity index (χ4n) is 2.14. The van der Waals surface area contributed by atoms with E-state index in [-0.39, 0.29) is 42.8 Å². The number of hydrogen-bond donors (Lipinski definition) is 2. The Kier molecular flexibility index (Phi) is 8.84. The van der Waals surface area contributed by atoms with Crippen molar-refractivity contribution < 1.29 is 45.8 Å². The Balaban J connectivity index is 0.000000501. The summed E-state index contributed by atoms with van der Waals surface area (Å²) < 4.78 is 0. The Morgan fingerprint density at radius 1 is 1.08 bits per heavy atom. The molecule has 0 aliphatic carbocycles. The molecule has 3 rings (SSSR count). The molecule has 2 N–H and O–H groups in total. The number of nitrogens with one attached hydrogen (secondary N) is 1. The van der Waals surface area contributed by atoms with E-state index in [0.717, 1.165) is 5.39 Å². The second-order valence-corrected chi connectivity index (χ2v) is 5.30. The summed E-state index contributed by atoms with van der Waals surface area (Å²) in [5, 5.41) is 14.2. The molecule has 4 nitrogen and oxygen atoms in total. The van der Waals surface area contributed by atoms with Gasteiger partial charge in [0.15, 0.2) is 0 Å². The molecule has 0 radical (unpaired) electrons. The molecule has 1 amide bonds. The Morgan fingerprint density at radius 2 is 1.65 bits per heavy atom. The first-order valence-electron chi connectivity index (χ1n) is 7.54. The smallest absolute Gasteiger partial charge is 0.507 e. The van der Waals surface area contributed by atoms with Crippen molar-refractivity contribution in [2.24, 2.45) is 0 Å². The standard InChI is InChI=1S/C17H12NO2.C4H5O.U/c19-16-11-5-8-13-14(16)9-4-10-15(13)18-17(20)12-6-2-1-3-7-12;1-4(2)3-5;/h2-11,19H,(H,18,20);1H2,2H3;/q2*-1;+2. The number of anilines is 1. The number of hydrogen-bond acceptors (Lipinski definition) is 3. The first-order valence-corrected chi connectivity index (χ1v) is 7.54. The minimum atomic E-state index is -0.185. The van der Waals surface area contributed by atoms with Crippen LogP contribution in [0.1, 0.15) is 17.3 Å². The fraction of sp³-hybridized carbons (Fsp3) is 0.0476. The molecule has 5 heteroatoms. The van der Waals surface area contributed by atoms with Crippen LogP contribution in [0.2, 0.25) is 0 Å². The van der Waals surface area contributed by atoms with Crippen molar-refractivity contribution in [3.05, 3.63) is 84.4 Å². The molecular weight excluding hydrogens is 552 g/mol. The van der Waals surface area contributed by atoms with Crippen LogP contribution in [0.15, 0.2) is 72.8 Å². The third kappa shape index (κ3) is 5.87. The van der Waals surface area contributed by atoms with E-state index in [1.165, 1.54) is 0 Å². The Bertz CT molecular complexity index is 908. The maximum atomic E-state index is 12.2. The van der Waals surface area contributed by atoms with E-state index in [4.69, 9.17) is 0 Å². The van der Waals surface area contributed by atoms with Crippen molar-refractivity contribution in [3.8, 4) is 5.75 Å². The van der Waals surface area contributed by atoms with E-state index in [0.29, 0.717) is 22.2 Å². The van der Waals surface area contributed by atoms with Crippen LogP contribution in [-0.2, 0) is 4.79 Å². The first-order chi connectivity index (χ1) is 12.0. The molecule has 0 bridgehead atoms. The molecule has 0 aliphatic heterocycles. The predicted octanol–water partition coefficient (Wildman–Crippen LogP) is 4.27. The van der Waals surface area contributed by atoms with Gasteiger partial charge < -0.3 is 15.2 Å². The second kappa shape index (κ2) is 10.6. The van der Waals surface area contributed by atoms with Crippen LogP contribution in [0, 0.1) is 37.2 Å². The van der Waals surface area contributed by atoms with Crippen molar-refractivity contribution in [2.45, 2.75) is 6.92 Å². The quantitative estimate of drug-likeness (QED) is 0.366. The van der Waals surface area contributed by atoms with Gasteiger partial charge in [0, 0.05) is 16.5 Å². The van der Waals surface area contributed by atoms with Crippen molar-refractivity contribution in [1.82, 2.24) is 0 Å². The van der Waals surface area contributed by atoms with E-state index >= 15 is 0 Å². The molecule has 3 aromatic rings.